The molecule has 0 saturated carbocycles. The van der Waals surface area contributed by atoms with Crippen LogP contribution in [0.2, 0.25) is 0 Å². The maximum atomic E-state index is 11.7. The SMILES string of the molecule is COCCS(=O)(=O)NCc1ccc2ccc(C(=N)N)cc2c1. The Kier molecular flexibility index (Phi) is 5.12. The van der Waals surface area contributed by atoms with Crippen LogP contribution in [-0.2, 0) is 21.3 Å². The summed E-state index contributed by atoms with van der Waals surface area (Å²) < 4.78 is 30.8. The summed E-state index contributed by atoms with van der Waals surface area (Å²) in [5.41, 5.74) is 6.97. The highest BCUT2D eigenvalue weighted by Crippen LogP contribution is 2.18. The van der Waals surface area contributed by atoms with Crippen LogP contribution < -0.4 is 10.5 Å². The highest BCUT2D eigenvalue weighted by atomic mass is 32.2. The molecule has 4 N–H and O–H groups in total. The predicted octanol–water partition coefficient (Wildman–Crippen LogP) is 1.19. The normalized spacial score (nSPS) is 11.7. The largest absolute Gasteiger partial charge is 0.384 e. The van der Waals surface area contributed by atoms with Crippen molar-refractivity contribution in [1.82, 2.24) is 4.72 Å². The van der Waals surface area contributed by atoms with Crippen molar-refractivity contribution in [3.8, 4) is 0 Å². The first-order valence-corrected chi connectivity index (χ1v) is 8.40. The Labute approximate surface area is 129 Å². The van der Waals surface area contributed by atoms with Crippen molar-refractivity contribution in [2.24, 2.45) is 5.73 Å². The van der Waals surface area contributed by atoms with E-state index in [2.05, 4.69) is 4.72 Å². The minimum absolute atomic E-state index is 0.00701. The Morgan fingerprint density at radius 2 is 1.95 bits per heavy atom. The number of sulfonamides is 1. The molecule has 0 spiro atoms. The second-order valence-electron chi connectivity index (χ2n) is 4.94. The molecule has 2 aromatic carbocycles. The molecule has 0 bridgehead atoms. The van der Waals surface area contributed by atoms with Crippen LogP contribution in [-0.4, -0.2) is 33.7 Å². The molecule has 0 aromatic heterocycles. The molecule has 118 valence electrons. The Hall–Kier alpha value is -1.96. The molecule has 0 unspecified atom stereocenters. The molecule has 0 aliphatic carbocycles. The third-order valence-electron chi connectivity index (χ3n) is 3.27. The molecule has 0 heterocycles. The van der Waals surface area contributed by atoms with Crippen LogP contribution in [0.25, 0.3) is 10.8 Å². The van der Waals surface area contributed by atoms with E-state index >= 15 is 0 Å². The molecule has 0 atom stereocenters. The van der Waals surface area contributed by atoms with Crippen molar-refractivity contribution >= 4 is 26.6 Å². The van der Waals surface area contributed by atoms with Gasteiger partial charge in [-0.05, 0) is 28.5 Å². The van der Waals surface area contributed by atoms with Crippen molar-refractivity contribution in [2.75, 3.05) is 19.5 Å². The molecule has 0 aliphatic rings. The summed E-state index contributed by atoms with van der Waals surface area (Å²) in [6.45, 7) is 0.376. The van der Waals surface area contributed by atoms with Gasteiger partial charge >= 0.3 is 0 Å². The second-order valence-corrected chi connectivity index (χ2v) is 6.87. The summed E-state index contributed by atoms with van der Waals surface area (Å²) >= 11 is 0. The number of hydrogen-bond donors (Lipinski definition) is 3. The van der Waals surface area contributed by atoms with E-state index in [9.17, 15) is 8.42 Å². The minimum atomic E-state index is -3.35. The fourth-order valence-corrected chi connectivity index (χ4v) is 2.95. The number of rotatable bonds is 7. The molecular weight excluding hydrogens is 302 g/mol. The molecule has 0 saturated heterocycles. The maximum Gasteiger partial charge on any atom is 0.214 e. The van der Waals surface area contributed by atoms with Crippen molar-refractivity contribution in [1.29, 1.82) is 5.41 Å². The van der Waals surface area contributed by atoms with Gasteiger partial charge in [0.05, 0.1) is 12.4 Å². The van der Waals surface area contributed by atoms with Gasteiger partial charge in [-0.25, -0.2) is 13.1 Å². The zero-order valence-corrected chi connectivity index (χ0v) is 13.1. The van der Waals surface area contributed by atoms with Gasteiger partial charge in [-0.1, -0.05) is 24.3 Å². The van der Waals surface area contributed by atoms with E-state index in [-0.39, 0.29) is 24.7 Å². The number of hydrogen-bond acceptors (Lipinski definition) is 4. The number of ether oxygens (including phenoxy) is 1. The quantitative estimate of drug-likeness (QED) is 0.526. The van der Waals surface area contributed by atoms with Crippen molar-refractivity contribution in [2.45, 2.75) is 6.54 Å². The Balaban J connectivity index is 2.17. The van der Waals surface area contributed by atoms with Crippen LogP contribution in [0.4, 0.5) is 0 Å². The van der Waals surface area contributed by atoms with Crippen LogP contribution in [0.1, 0.15) is 11.1 Å². The summed E-state index contributed by atoms with van der Waals surface area (Å²) in [6, 6.07) is 11.2. The lowest BCUT2D eigenvalue weighted by molar-refractivity contribution is 0.217. The third kappa shape index (κ3) is 4.27. The van der Waals surface area contributed by atoms with Gasteiger partial charge in [0.2, 0.25) is 10.0 Å². The number of nitrogens with one attached hydrogen (secondary N) is 2. The average molecular weight is 321 g/mol. The molecule has 2 aromatic rings. The topological polar surface area (TPSA) is 105 Å². The molecular formula is C15H19N3O3S. The van der Waals surface area contributed by atoms with Crippen LogP contribution in [0.3, 0.4) is 0 Å². The van der Waals surface area contributed by atoms with Gasteiger partial charge < -0.3 is 10.5 Å². The first kappa shape index (κ1) is 16.4. The van der Waals surface area contributed by atoms with Gasteiger partial charge in [-0.3, -0.25) is 5.41 Å². The van der Waals surface area contributed by atoms with E-state index in [4.69, 9.17) is 15.9 Å². The fraction of sp³-hybridized carbons (Fsp3) is 0.267. The summed E-state index contributed by atoms with van der Waals surface area (Å²) in [6.07, 6.45) is 0. The van der Waals surface area contributed by atoms with Crippen molar-refractivity contribution in [3.63, 3.8) is 0 Å². The maximum absolute atomic E-state index is 11.7. The smallest absolute Gasteiger partial charge is 0.214 e. The van der Waals surface area contributed by atoms with Gasteiger partial charge in [0, 0.05) is 19.2 Å². The Bertz CT molecular complexity index is 788. The molecule has 7 heteroatoms. The lowest BCUT2D eigenvalue weighted by Crippen LogP contribution is -2.27. The highest BCUT2D eigenvalue weighted by molar-refractivity contribution is 7.89. The second kappa shape index (κ2) is 6.87. The lowest BCUT2D eigenvalue weighted by Gasteiger charge is -2.08. The number of benzene rings is 2. The molecule has 0 fully saturated rings. The standard InChI is InChI=1S/C15H19N3O3S/c1-21-6-7-22(19,20)18-10-11-2-3-12-4-5-13(15(16)17)9-14(12)8-11/h2-5,8-9,18H,6-7,10H2,1H3,(H3,16,17). The van der Waals surface area contributed by atoms with Crippen LogP contribution in [0.15, 0.2) is 36.4 Å². The number of fused-ring (bicyclic) bond motifs is 1. The molecule has 0 aliphatic heterocycles. The highest BCUT2D eigenvalue weighted by Gasteiger charge is 2.09. The van der Waals surface area contributed by atoms with E-state index in [0.717, 1.165) is 16.3 Å². The number of amidine groups is 1. The van der Waals surface area contributed by atoms with E-state index in [1.54, 1.807) is 6.07 Å². The first-order chi connectivity index (χ1) is 10.4. The summed E-state index contributed by atoms with van der Waals surface area (Å²) in [5.74, 6) is -0.0569. The fourth-order valence-electron chi connectivity index (χ4n) is 2.03. The van der Waals surface area contributed by atoms with Crippen LogP contribution >= 0.6 is 0 Å². The van der Waals surface area contributed by atoms with Crippen LogP contribution in [0, 0.1) is 5.41 Å². The predicted molar refractivity (Wildman–Crippen MR) is 87.5 cm³/mol. The zero-order valence-electron chi connectivity index (χ0n) is 12.3. The summed E-state index contributed by atoms with van der Waals surface area (Å²) in [5, 5.41) is 9.39. The van der Waals surface area contributed by atoms with Gasteiger partial charge in [0.15, 0.2) is 0 Å². The monoisotopic (exact) mass is 321 g/mol. The van der Waals surface area contributed by atoms with Gasteiger partial charge in [0.1, 0.15) is 5.84 Å². The van der Waals surface area contributed by atoms with Gasteiger partial charge in [0.25, 0.3) is 0 Å². The van der Waals surface area contributed by atoms with E-state index in [0.29, 0.717) is 5.56 Å². The first-order valence-electron chi connectivity index (χ1n) is 6.74. The molecule has 2 rings (SSSR count). The molecule has 22 heavy (non-hydrogen) atoms. The molecule has 0 radical (unpaired) electrons. The zero-order chi connectivity index (χ0) is 16.2. The number of methoxy groups -OCH3 is 1. The summed E-state index contributed by atoms with van der Waals surface area (Å²) in [7, 11) is -1.88. The lowest BCUT2D eigenvalue weighted by atomic mass is 10.0. The van der Waals surface area contributed by atoms with E-state index in [1.807, 2.05) is 30.3 Å². The third-order valence-corrected chi connectivity index (χ3v) is 4.56. The molecule has 6 nitrogen and oxygen atoms in total. The van der Waals surface area contributed by atoms with Crippen molar-refractivity contribution < 1.29 is 13.2 Å². The van der Waals surface area contributed by atoms with Crippen LogP contribution in [0.5, 0.6) is 0 Å². The summed E-state index contributed by atoms with van der Waals surface area (Å²) in [4.78, 5) is 0. The Morgan fingerprint density at radius 1 is 1.23 bits per heavy atom. The van der Waals surface area contributed by atoms with Crippen molar-refractivity contribution in [3.05, 3.63) is 47.5 Å². The van der Waals surface area contributed by atoms with E-state index < -0.39 is 10.0 Å². The van der Waals surface area contributed by atoms with Gasteiger partial charge in [-0.2, -0.15) is 0 Å². The van der Waals surface area contributed by atoms with Gasteiger partial charge in [-0.15, -0.1) is 0 Å². The average Bonchev–Trinajstić information content (AvgIpc) is 2.50. The minimum Gasteiger partial charge on any atom is -0.384 e. The Morgan fingerprint density at radius 3 is 2.64 bits per heavy atom. The number of nitrogen functional groups attached to an aromatic ring is 1. The molecule has 0 amide bonds. The number of nitrogens with two attached hydrogens (primary N) is 1. The van der Waals surface area contributed by atoms with E-state index in [1.165, 1.54) is 7.11 Å².